The van der Waals surface area contributed by atoms with E-state index in [4.69, 9.17) is 14.2 Å². The molecule has 0 aliphatic heterocycles. The summed E-state index contributed by atoms with van der Waals surface area (Å²) < 4.78 is 16.0. The summed E-state index contributed by atoms with van der Waals surface area (Å²) in [6.45, 7) is 10.1. The number of nitrogens with one attached hydrogen (secondary N) is 2. The van der Waals surface area contributed by atoms with Gasteiger partial charge in [-0.05, 0) is 61.1 Å². The molecule has 0 aliphatic carbocycles. The first-order valence-corrected chi connectivity index (χ1v) is 14.8. The molecule has 0 radical (unpaired) electrons. The first-order chi connectivity index (χ1) is 21.2. The number of hydrogen-bond acceptors (Lipinski definition) is 7. The molecular formula is C34H46N3O7+. The van der Waals surface area contributed by atoms with Gasteiger partial charge in [-0.3, -0.25) is 14.4 Å². The fourth-order valence-corrected chi connectivity index (χ4v) is 4.62. The van der Waals surface area contributed by atoms with E-state index in [2.05, 4.69) is 29.5 Å². The van der Waals surface area contributed by atoms with Gasteiger partial charge in [0.05, 0.1) is 19.7 Å². The number of hydrogen-bond donors (Lipinski definition) is 3. The van der Waals surface area contributed by atoms with Crippen LogP contribution in [-0.4, -0.2) is 62.5 Å². The van der Waals surface area contributed by atoms with Crippen molar-refractivity contribution in [3.63, 3.8) is 0 Å². The molecule has 0 saturated carbocycles. The lowest BCUT2D eigenvalue weighted by atomic mass is 9.90. The number of carbonyl (C=O) groups is 4. The minimum Gasteiger partial charge on any atom is -0.490 e. The SMILES string of the molecule is C=CCOc1ccc(C[C@H](NC(C)=O)C(=O)C[C@H](CCCC[NH3+])C(=O)N[C@@H](Cc2ccc(OCC=C)cc2)C(=O)OC)cc1. The van der Waals surface area contributed by atoms with Crippen LogP contribution in [-0.2, 0) is 36.8 Å². The van der Waals surface area contributed by atoms with Crippen LogP contribution in [0.4, 0.5) is 0 Å². The zero-order chi connectivity index (χ0) is 32.3. The van der Waals surface area contributed by atoms with Crippen LogP contribution in [0.3, 0.4) is 0 Å². The van der Waals surface area contributed by atoms with E-state index < -0.39 is 29.9 Å². The number of amides is 2. The fourth-order valence-electron chi connectivity index (χ4n) is 4.62. The summed E-state index contributed by atoms with van der Waals surface area (Å²) >= 11 is 0. The van der Waals surface area contributed by atoms with Gasteiger partial charge >= 0.3 is 5.97 Å². The van der Waals surface area contributed by atoms with Crippen LogP contribution in [0.15, 0.2) is 73.8 Å². The molecule has 0 heterocycles. The molecule has 238 valence electrons. The summed E-state index contributed by atoms with van der Waals surface area (Å²) in [5.41, 5.74) is 5.49. The Morgan fingerprint density at radius 3 is 1.80 bits per heavy atom. The molecule has 0 fully saturated rings. The standard InChI is InChI=1S/C34H45N3O7/c1-5-19-43-28-14-10-25(11-15-28)21-30(36-24(3)38)32(39)23-27(9-7-8-18-35)33(40)37-31(34(41)42-4)22-26-12-16-29(17-13-26)44-20-6-2/h5-6,10-17,27,30-31H,1-2,7-9,18-23,35H2,3-4H3,(H,36,38)(H,37,40)/p+1/t27-,30-,31-/m0/s1. The molecule has 0 saturated heterocycles. The fraction of sp³-hybridized carbons (Fsp3) is 0.412. The van der Waals surface area contributed by atoms with Crippen LogP contribution < -0.4 is 25.8 Å². The third-order valence-electron chi connectivity index (χ3n) is 6.90. The Morgan fingerprint density at radius 2 is 1.34 bits per heavy atom. The van der Waals surface area contributed by atoms with Gasteiger partial charge in [0.2, 0.25) is 11.8 Å². The highest BCUT2D eigenvalue weighted by Gasteiger charge is 2.30. The van der Waals surface area contributed by atoms with Crippen molar-refractivity contribution in [1.29, 1.82) is 0 Å². The number of quaternary nitrogens is 1. The van der Waals surface area contributed by atoms with Gasteiger partial charge in [0.15, 0.2) is 5.78 Å². The van der Waals surface area contributed by atoms with Crippen molar-refractivity contribution in [2.75, 3.05) is 26.9 Å². The molecular weight excluding hydrogens is 562 g/mol. The van der Waals surface area contributed by atoms with Crippen LogP contribution in [0.1, 0.15) is 43.7 Å². The Balaban J connectivity index is 2.18. The number of benzene rings is 2. The van der Waals surface area contributed by atoms with Crippen LogP contribution in [0, 0.1) is 5.92 Å². The van der Waals surface area contributed by atoms with Gasteiger partial charge < -0.3 is 30.6 Å². The average Bonchev–Trinajstić information content (AvgIpc) is 3.02. The summed E-state index contributed by atoms with van der Waals surface area (Å²) in [5.74, 6) is -1.02. The first-order valence-electron chi connectivity index (χ1n) is 14.8. The van der Waals surface area contributed by atoms with Crippen LogP contribution >= 0.6 is 0 Å². The lowest BCUT2D eigenvalue weighted by Gasteiger charge is -2.23. The highest BCUT2D eigenvalue weighted by atomic mass is 16.5. The smallest absolute Gasteiger partial charge is 0.328 e. The summed E-state index contributed by atoms with van der Waals surface area (Å²) in [7, 11) is 1.26. The summed E-state index contributed by atoms with van der Waals surface area (Å²) in [6, 6.07) is 12.6. The van der Waals surface area contributed by atoms with E-state index in [1.165, 1.54) is 14.0 Å². The number of methoxy groups -OCH3 is 1. The Hall–Kier alpha value is -4.44. The molecule has 2 amide bonds. The normalized spacial score (nSPS) is 12.6. The quantitative estimate of drug-likeness (QED) is 0.112. The first kappa shape index (κ1) is 35.8. The molecule has 10 nitrogen and oxygen atoms in total. The van der Waals surface area contributed by atoms with E-state index in [1.54, 1.807) is 36.4 Å². The lowest BCUT2D eigenvalue weighted by Crippen LogP contribution is -2.50. The van der Waals surface area contributed by atoms with Crippen molar-refractivity contribution in [3.8, 4) is 11.5 Å². The molecule has 44 heavy (non-hydrogen) atoms. The van der Waals surface area contributed by atoms with Crippen molar-refractivity contribution in [1.82, 2.24) is 10.6 Å². The van der Waals surface area contributed by atoms with Gasteiger partial charge in [0, 0.05) is 25.7 Å². The maximum atomic E-state index is 13.6. The molecule has 3 atom stereocenters. The summed E-state index contributed by atoms with van der Waals surface area (Å²) in [6.07, 6.45) is 5.54. The molecule has 10 heteroatoms. The van der Waals surface area contributed by atoms with Gasteiger partial charge in [0.25, 0.3) is 0 Å². The number of esters is 1. The molecule has 0 aromatic heterocycles. The second kappa shape index (κ2) is 19.7. The monoisotopic (exact) mass is 608 g/mol. The van der Waals surface area contributed by atoms with E-state index in [-0.39, 0.29) is 31.0 Å². The third kappa shape index (κ3) is 12.8. The molecule has 0 spiro atoms. The van der Waals surface area contributed by atoms with E-state index in [0.717, 1.165) is 17.5 Å². The van der Waals surface area contributed by atoms with Crippen molar-refractivity contribution < 1.29 is 39.1 Å². The van der Waals surface area contributed by atoms with Crippen LogP contribution in [0.2, 0.25) is 0 Å². The number of unbranched alkanes of at least 4 members (excludes halogenated alkanes) is 1. The maximum Gasteiger partial charge on any atom is 0.328 e. The number of Topliss-reactive ketones (excluding diaryl/α,β-unsaturated/α-hetero) is 1. The number of carbonyl (C=O) groups excluding carboxylic acids is 4. The third-order valence-corrected chi connectivity index (χ3v) is 6.90. The Kier molecular flexibility index (Phi) is 16.0. The minimum atomic E-state index is -0.953. The maximum absolute atomic E-state index is 13.6. The van der Waals surface area contributed by atoms with E-state index in [9.17, 15) is 19.2 Å². The highest BCUT2D eigenvalue weighted by Crippen LogP contribution is 2.19. The molecule has 0 aliphatic rings. The summed E-state index contributed by atoms with van der Waals surface area (Å²) in [4.78, 5) is 51.8. The predicted octanol–water partition coefficient (Wildman–Crippen LogP) is 2.75. The van der Waals surface area contributed by atoms with Gasteiger partial charge in [-0.25, -0.2) is 4.79 Å². The number of rotatable bonds is 21. The molecule has 0 unspecified atom stereocenters. The van der Waals surface area contributed by atoms with Gasteiger partial charge in [-0.1, -0.05) is 49.6 Å². The van der Waals surface area contributed by atoms with Crippen molar-refractivity contribution in [2.24, 2.45) is 5.92 Å². The van der Waals surface area contributed by atoms with Gasteiger partial charge in [-0.2, -0.15) is 0 Å². The zero-order valence-corrected chi connectivity index (χ0v) is 25.8. The topological polar surface area (TPSA) is 148 Å². The van der Waals surface area contributed by atoms with Crippen molar-refractivity contribution >= 4 is 23.6 Å². The average molecular weight is 609 g/mol. The largest absolute Gasteiger partial charge is 0.490 e. The Bertz CT molecular complexity index is 1230. The minimum absolute atomic E-state index is 0.0995. The number of ether oxygens (including phenoxy) is 3. The Labute approximate surface area is 260 Å². The van der Waals surface area contributed by atoms with E-state index in [1.807, 2.05) is 24.3 Å². The molecule has 5 N–H and O–H groups in total. The lowest BCUT2D eigenvalue weighted by molar-refractivity contribution is -0.368. The van der Waals surface area contributed by atoms with Crippen molar-refractivity contribution in [3.05, 3.63) is 85.0 Å². The second-order valence-electron chi connectivity index (χ2n) is 10.4. The molecule has 2 aromatic carbocycles. The predicted molar refractivity (Wildman–Crippen MR) is 168 cm³/mol. The van der Waals surface area contributed by atoms with Crippen LogP contribution in [0.5, 0.6) is 11.5 Å². The zero-order valence-electron chi connectivity index (χ0n) is 25.8. The Morgan fingerprint density at radius 1 is 0.818 bits per heavy atom. The molecule has 0 bridgehead atoms. The van der Waals surface area contributed by atoms with Crippen molar-refractivity contribution in [2.45, 2.75) is 57.5 Å². The van der Waals surface area contributed by atoms with Crippen LogP contribution in [0.25, 0.3) is 0 Å². The highest BCUT2D eigenvalue weighted by molar-refractivity contribution is 5.93. The molecule has 2 rings (SSSR count). The van der Waals surface area contributed by atoms with E-state index >= 15 is 0 Å². The number of ketones is 1. The van der Waals surface area contributed by atoms with Gasteiger partial charge in [-0.15, -0.1) is 0 Å². The second-order valence-corrected chi connectivity index (χ2v) is 10.4. The summed E-state index contributed by atoms with van der Waals surface area (Å²) in [5, 5.41) is 5.56. The van der Waals surface area contributed by atoms with Gasteiger partial charge in [0.1, 0.15) is 30.8 Å². The molecule has 2 aromatic rings. The van der Waals surface area contributed by atoms with E-state index in [0.29, 0.717) is 44.1 Å².